The molecule has 0 heterocycles. The minimum Gasteiger partial charge on any atom is -0.337 e. The first-order valence-electron chi connectivity index (χ1n) is 7.62. The molecule has 7 heteroatoms. The predicted octanol–water partition coefficient (Wildman–Crippen LogP) is 3.40. The van der Waals surface area contributed by atoms with Crippen LogP contribution in [-0.4, -0.2) is 46.3 Å². The zero-order valence-electron chi connectivity index (χ0n) is 14.5. The highest BCUT2D eigenvalue weighted by molar-refractivity contribution is 7.42. The van der Waals surface area contributed by atoms with Crippen molar-refractivity contribution in [2.75, 3.05) is 6.54 Å². The molecule has 0 bridgehead atoms. The molecule has 0 aliphatic rings. The van der Waals surface area contributed by atoms with E-state index in [0.717, 1.165) is 12.5 Å². The Balaban J connectivity index is 4.93. The molecular weight excluding hydrogens is 301 g/mol. The summed E-state index contributed by atoms with van der Waals surface area (Å²) < 4.78 is 1.59. The first-order valence-corrected chi connectivity index (χ1v) is 12.5. The van der Waals surface area contributed by atoms with Gasteiger partial charge in [-0.3, -0.25) is 0 Å². The number of rotatable bonds is 9. The summed E-state index contributed by atoms with van der Waals surface area (Å²) in [5.41, 5.74) is 0. The van der Waals surface area contributed by atoms with Crippen molar-refractivity contribution in [2.45, 2.75) is 71.9 Å². The Morgan fingerprint density at radius 3 is 1.86 bits per heavy atom. The monoisotopic (exact) mass is 333 g/mol. The number of nitrogens with zero attached hydrogens (tertiary/aromatic N) is 3. The smallest absolute Gasteiger partial charge is 0.268 e. The molecule has 0 fully saturated rings. The van der Waals surface area contributed by atoms with E-state index in [1.807, 2.05) is 32.7 Å². The molecule has 21 heavy (non-hydrogen) atoms. The van der Waals surface area contributed by atoms with Gasteiger partial charge in [-0.1, -0.05) is 25.7 Å². The second-order valence-electron chi connectivity index (χ2n) is 7.32. The Kier molecular flexibility index (Phi) is 9.18. The van der Waals surface area contributed by atoms with E-state index < -0.39 is 16.6 Å². The maximum Gasteiger partial charge on any atom is 0.268 e. The molecule has 0 aliphatic carbocycles. The second-order valence-corrected chi connectivity index (χ2v) is 13.9. The van der Waals surface area contributed by atoms with Gasteiger partial charge in [-0.05, 0) is 34.1 Å². The summed E-state index contributed by atoms with van der Waals surface area (Å²) in [6.45, 7) is 15.3. The van der Waals surface area contributed by atoms with Crippen molar-refractivity contribution in [1.82, 2.24) is 9.79 Å². The average Bonchev–Trinajstić information content (AvgIpc) is 2.30. The molecule has 0 aromatic rings. The molecule has 0 saturated carbocycles. The molecule has 0 amide bonds. The van der Waals surface area contributed by atoms with E-state index in [0.29, 0.717) is 6.54 Å². The van der Waals surface area contributed by atoms with Crippen molar-refractivity contribution in [1.29, 1.82) is 5.26 Å². The summed E-state index contributed by atoms with van der Waals surface area (Å²) in [5.74, 6) is -0.166. The molecule has 124 valence electrons. The van der Waals surface area contributed by atoms with E-state index in [4.69, 9.17) is 0 Å². The van der Waals surface area contributed by atoms with Gasteiger partial charge in [0.05, 0.1) is 12.0 Å². The van der Waals surface area contributed by atoms with Crippen molar-refractivity contribution in [3.8, 4) is 6.07 Å². The molecule has 0 aromatic heterocycles. The third kappa shape index (κ3) is 8.25. The molecular formula is C14H32N3O2PSi. The van der Waals surface area contributed by atoms with Crippen molar-refractivity contribution < 1.29 is 9.79 Å². The van der Waals surface area contributed by atoms with Crippen molar-refractivity contribution >= 4 is 16.6 Å². The summed E-state index contributed by atoms with van der Waals surface area (Å²) >= 11 is 0. The largest absolute Gasteiger partial charge is 0.337 e. The van der Waals surface area contributed by atoms with E-state index in [9.17, 15) is 15.0 Å². The molecule has 0 saturated heterocycles. The minimum absolute atomic E-state index is 0.158. The van der Waals surface area contributed by atoms with Gasteiger partial charge in [-0.15, -0.1) is 0 Å². The van der Waals surface area contributed by atoms with E-state index in [1.165, 1.54) is 0 Å². The third-order valence-electron chi connectivity index (χ3n) is 3.34. The van der Waals surface area contributed by atoms with Crippen molar-refractivity contribution in [2.24, 2.45) is 5.92 Å². The van der Waals surface area contributed by atoms with Gasteiger partial charge in [0.2, 0.25) is 0 Å². The third-order valence-corrected chi connectivity index (χ3v) is 5.91. The molecule has 0 spiro atoms. The summed E-state index contributed by atoms with van der Waals surface area (Å²) in [5, 5.41) is 11.3. The minimum atomic E-state index is -2.23. The second kappa shape index (κ2) is 9.19. The fraction of sp³-hybridized carbons (Fsp3) is 0.929. The van der Waals surface area contributed by atoms with Gasteiger partial charge >= 0.3 is 0 Å². The Bertz CT molecular complexity index is 332. The average molecular weight is 333 g/mol. The maximum atomic E-state index is 9.76. The molecule has 1 unspecified atom stereocenters. The summed E-state index contributed by atoms with van der Waals surface area (Å²) in [6, 6.07) is 3.73. The van der Waals surface area contributed by atoms with Crippen LogP contribution in [0.2, 0.25) is 25.7 Å². The van der Waals surface area contributed by atoms with E-state index >= 15 is 0 Å². The fourth-order valence-corrected chi connectivity index (χ4v) is 4.55. The van der Waals surface area contributed by atoms with Gasteiger partial charge in [-0.2, -0.15) is 10.0 Å². The lowest BCUT2D eigenvalue weighted by Gasteiger charge is -2.41. The highest BCUT2D eigenvalue weighted by atomic mass is 31.2. The van der Waals surface area contributed by atoms with Gasteiger partial charge < -0.3 is 9.79 Å². The summed E-state index contributed by atoms with van der Waals surface area (Å²) in [6.07, 6.45) is 0.829. The van der Waals surface area contributed by atoms with Crippen LogP contribution in [0.3, 0.4) is 0 Å². The topological polar surface area (TPSA) is 70.7 Å². The quantitative estimate of drug-likeness (QED) is 0.384. The van der Waals surface area contributed by atoms with Gasteiger partial charge in [0.1, 0.15) is 0 Å². The van der Waals surface area contributed by atoms with Gasteiger partial charge in [0.15, 0.2) is 0 Å². The van der Waals surface area contributed by atoms with Crippen LogP contribution in [0.1, 0.15) is 34.1 Å². The van der Waals surface area contributed by atoms with Crippen LogP contribution < -0.4 is 0 Å². The van der Waals surface area contributed by atoms with Crippen LogP contribution in [0.5, 0.6) is 0 Å². The maximum absolute atomic E-state index is 9.76. The highest BCUT2D eigenvalue weighted by Gasteiger charge is 2.30. The zero-order valence-corrected chi connectivity index (χ0v) is 16.4. The molecule has 0 aliphatic heterocycles. The molecule has 0 aromatic carbocycles. The molecule has 0 rings (SSSR count). The van der Waals surface area contributed by atoms with E-state index in [2.05, 4.69) is 25.7 Å². The van der Waals surface area contributed by atoms with Crippen LogP contribution >= 0.6 is 8.53 Å². The van der Waals surface area contributed by atoms with E-state index in [-0.39, 0.29) is 18.0 Å². The molecule has 5 nitrogen and oxygen atoms in total. The standard InChI is InChI=1S/C14H32N3O2PSi/c1-12(2)17(13(3)4)16(20(18)19)11-14(10-15)8-9-21(5,6)7/h12-14,18-19H,8-9,11H2,1-7H3. The van der Waals surface area contributed by atoms with Crippen LogP contribution in [0.15, 0.2) is 0 Å². The van der Waals surface area contributed by atoms with Gasteiger partial charge in [0.25, 0.3) is 8.53 Å². The van der Waals surface area contributed by atoms with Crippen molar-refractivity contribution in [3.05, 3.63) is 0 Å². The lowest BCUT2D eigenvalue weighted by atomic mass is 10.1. The Hall–Kier alpha value is -0.0231. The predicted molar refractivity (Wildman–Crippen MR) is 92.0 cm³/mol. The number of hydrazine groups is 1. The number of nitriles is 1. The van der Waals surface area contributed by atoms with Crippen LogP contribution in [0.4, 0.5) is 0 Å². The van der Waals surface area contributed by atoms with Crippen LogP contribution in [-0.2, 0) is 0 Å². The first kappa shape index (κ1) is 21.0. The SMILES string of the molecule is CC(C)N(C(C)C)N(CC(C#N)CC[Si](C)(C)C)P(O)O. The van der Waals surface area contributed by atoms with Crippen molar-refractivity contribution in [3.63, 3.8) is 0 Å². The summed E-state index contributed by atoms with van der Waals surface area (Å²) in [7, 11) is -3.41. The summed E-state index contributed by atoms with van der Waals surface area (Å²) in [4.78, 5) is 19.5. The van der Waals surface area contributed by atoms with E-state index in [1.54, 1.807) is 4.78 Å². The van der Waals surface area contributed by atoms with Crippen LogP contribution in [0.25, 0.3) is 0 Å². The van der Waals surface area contributed by atoms with Gasteiger partial charge in [-0.25, -0.2) is 5.01 Å². The molecule has 0 radical (unpaired) electrons. The lowest BCUT2D eigenvalue weighted by molar-refractivity contribution is -0.0215. The zero-order chi connectivity index (χ0) is 16.8. The Labute approximate surface area is 132 Å². The normalized spacial score (nSPS) is 14.5. The Morgan fingerprint density at radius 2 is 1.57 bits per heavy atom. The Morgan fingerprint density at radius 1 is 1.10 bits per heavy atom. The lowest BCUT2D eigenvalue weighted by Crippen LogP contribution is -2.49. The number of hydrogen-bond donors (Lipinski definition) is 2. The van der Waals surface area contributed by atoms with Crippen LogP contribution in [0, 0.1) is 17.2 Å². The van der Waals surface area contributed by atoms with Gasteiger partial charge in [0, 0.05) is 26.7 Å². The first-order chi connectivity index (χ1) is 9.49. The highest BCUT2D eigenvalue weighted by Crippen LogP contribution is 2.35. The number of hydrogen-bond acceptors (Lipinski definition) is 5. The fourth-order valence-electron chi connectivity index (χ4n) is 2.39. The molecule has 1 atom stereocenters. The molecule has 2 N–H and O–H groups in total.